The second-order valence-corrected chi connectivity index (χ2v) is 3.88. The highest BCUT2D eigenvalue weighted by molar-refractivity contribution is 6.32. The molecule has 7 heteroatoms. The van der Waals surface area contributed by atoms with Crippen molar-refractivity contribution in [3.63, 3.8) is 0 Å². The summed E-state index contributed by atoms with van der Waals surface area (Å²) in [5.74, 6) is 0.251. The highest BCUT2D eigenvalue weighted by atomic mass is 35.5. The molecule has 16 heavy (non-hydrogen) atoms. The van der Waals surface area contributed by atoms with Crippen molar-refractivity contribution >= 4 is 17.3 Å². The molecule has 0 spiro atoms. The number of rotatable bonds is 3. The van der Waals surface area contributed by atoms with Crippen LogP contribution in [0.1, 0.15) is 6.42 Å². The third-order valence-corrected chi connectivity index (χ3v) is 2.57. The topological polar surface area (TPSA) is 77.3 Å². The zero-order valence-corrected chi connectivity index (χ0v) is 9.11. The monoisotopic (exact) mass is 243 g/mol. The minimum atomic E-state index is -0.542. The fourth-order valence-electron chi connectivity index (χ4n) is 1.49. The molecule has 1 aliphatic rings. The Morgan fingerprint density at radius 2 is 2.50 bits per heavy atom. The average molecular weight is 244 g/mol. The van der Waals surface area contributed by atoms with Gasteiger partial charge < -0.3 is 10.1 Å². The zero-order chi connectivity index (χ0) is 11.5. The molecule has 1 aliphatic heterocycles. The summed E-state index contributed by atoms with van der Waals surface area (Å²) in [5, 5.41) is 13.8. The molecule has 1 aromatic rings. The molecule has 2 heterocycles. The maximum Gasteiger partial charge on any atom is 0.289 e. The van der Waals surface area contributed by atoms with E-state index in [-0.39, 0.29) is 22.7 Å². The molecule has 0 amide bonds. The number of halogens is 1. The first kappa shape index (κ1) is 11.1. The predicted molar refractivity (Wildman–Crippen MR) is 57.8 cm³/mol. The van der Waals surface area contributed by atoms with Crippen molar-refractivity contribution in [2.24, 2.45) is 0 Å². The van der Waals surface area contributed by atoms with E-state index < -0.39 is 4.92 Å². The van der Waals surface area contributed by atoms with Gasteiger partial charge in [0.15, 0.2) is 0 Å². The molecule has 1 atom stereocenters. The van der Waals surface area contributed by atoms with Gasteiger partial charge >= 0.3 is 0 Å². The molecule has 2 rings (SSSR count). The third-order valence-electron chi connectivity index (χ3n) is 2.30. The van der Waals surface area contributed by atoms with Crippen molar-refractivity contribution in [3.05, 3.63) is 27.4 Å². The van der Waals surface area contributed by atoms with Gasteiger partial charge in [-0.2, -0.15) is 0 Å². The molecular weight excluding hydrogens is 234 g/mol. The van der Waals surface area contributed by atoms with Crippen molar-refractivity contribution in [2.45, 2.75) is 12.5 Å². The summed E-state index contributed by atoms with van der Waals surface area (Å²) in [7, 11) is 0. The van der Waals surface area contributed by atoms with Crippen LogP contribution in [0.2, 0.25) is 5.02 Å². The third kappa shape index (κ3) is 2.40. The molecule has 0 aliphatic carbocycles. The SMILES string of the molecule is O=[N+]([O-])c1cnc(OC2CCNC2)c(Cl)c1. The predicted octanol–water partition coefficient (Wildman–Crippen LogP) is 1.38. The highest BCUT2D eigenvalue weighted by Crippen LogP contribution is 2.27. The summed E-state index contributed by atoms with van der Waals surface area (Å²) in [6.45, 7) is 1.64. The molecule has 0 bridgehead atoms. The highest BCUT2D eigenvalue weighted by Gasteiger charge is 2.19. The smallest absolute Gasteiger partial charge is 0.289 e. The first-order chi connectivity index (χ1) is 7.66. The number of hydrogen-bond acceptors (Lipinski definition) is 5. The summed E-state index contributed by atoms with van der Waals surface area (Å²) in [5.41, 5.74) is -0.137. The summed E-state index contributed by atoms with van der Waals surface area (Å²) in [6, 6.07) is 1.24. The van der Waals surface area contributed by atoms with Crippen LogP contribution in [0.4, 0.5) is 5.69 Å². The number of nitrogens with one attached hydrogen (secondary N) is 1. The van der Waals surface area contributed by atoms with Crippen LogP contribution in [0, 0.1) is 10.1 Å². The lowest BCUT2D eigenvalue weighted by Crippen LogP contribution is -2.20. The first-order valence-electron chi connectivity index (χ1n) is 4.84. The zero-order valence-electron chi connectivity index (χ0n) is 8.35. The molecule has 1 N–H and O–H groups in total. The second kappa shape index (κ2) is 4.63. The van der Waals surface area contributed by atoms with Crippen molar-refractivity contribution in [1.29, 1.82) is 0 Å². The maximum atomic E-state index is 10.5. The number of ether oxygens (including phenoxy) is 1. The van der Waals surface area contributed by atoms with E-state index in [1.54, 1.807) is 0 Å². The molecule has 1 fully saturated rings. The van der Waals surface area contributed by atoms with Crippen LogP contribution in [0.15, 0.2) is 12.3 Å². The van der Waals surface area contributed by atoms with Crippen molar-refractivity contribution < 1.29 is 9.66 Å². The van der Waals surface area contributed by atoms with Gasteiger partial charge in [0.2, 0.25) is 5.88 Å². The number of aromatic nitrogens is 1. The summed E-state index contributed by atoms with van der Waals surface area (Å²) >= 11 is 5.84. The van der Waals surface area contributed by atoms with Crippen LogP contribution >= 0.6 is 11.6 Å². The Hall–Kier alpha value is -1.40. The van der Waals surface area contributed by atoms with Gasteiger partial charge in [-0.15, -0.1) is 0 Å². The quantitative estimate of drug-likeness (QED) is 0.641. The fraction of sp³-hybridized carbons (Fsp3) is 0.444. The van der Waals surface area contributed by atoms with E-state index in [2.05, 4.69) is 10.3 Å². The minimum absolute atomic E-state index is 0.0338. The average Bonchev–Trinajstić information content (AvgIpc) is 2.73. The number of nitro groups is 1. The van der Waals surface area contributed by atoms with Gasteiger partial charge in [0.25, 0.3) is 5.69 Å². The lowest BCUT2D eigenvalue weighted by atomic mass is 10.3. The Morgan fingerprint density at radius 1 is 1.69 bits per heavy atom. The Morgan fingerprint density at radius 3 is 3.06 bits per heavy atom. The van der Waals surface area contributed by atoms with Crippen LogP contribution in [-0.4, -0.2) is 29.1 Å². The lowest BCUT2D eigenvalue weighted by Gasteiger charge is -2.11. The standard InChI is InChI=1S/C9H10ClN3O3/c10-8-3-6(13(14)15)4-12-9(8)16-7-1-2-11-5-7/h3-4,7,11H,1-2,5H2. The molecule has 0 saturated carbocycles. The fourth-order valence-corrected chi connectivity index (χ4v) is 1.69. The van der Waals surface area contributed by atoms with Crippen LogP contribution < -0.4 is 10.1 Å². The van der Waals surface area contributed by atoms with E-state index in [9.17, 15) is 10.1 Å². The molecule has 0 aromatic carbocycles. The van der Waals surface area contributed by atoms with Crippen LogP contribution in [0.25, 0.3) is 0 Å². The second-order valence-electron chi connectivity index (χ2n) is 3.47. The van der Waals surface area contributed by atoms with E-state index in [1.165, 1.54) is 6.07 Å². The van der Waals surface area contributed by atoms with Crippen LogP contribution in [0.3, 0.4) is 0 Å². The Bertz CT molecular complexity index is 407. The van der Waals surface area contributed by atoms with Gasteiger partial charge in [0, 0.05) is 12.6 Å². The Kier molecular flexibility index (Phi) is 3.21. The molecule has 1 aromatic heterocycles. The van der Waals surface area contributed by atoms with Crippen molar-refractivity contribution in [1.82, 2.24) is 10.3 Å². The van der Waals surface area contributed by atoms with E-state index in [0.717, 1.165) is 25.7 Å². The van der Waals surface area contributed by atoms with Gasteiger partial charge in [-0.25, -0.2) is 4.98 Å². The Labute approximate surface area is 96.7 Å². The number of pyridine rings is 1. The molecule has 6 nitrogen and oxygen atoms in total. The van der Waals surface area contributed by atoms with E-state index in [1.807, 2.05) is 0 Å². The van der Waals surface area contributed by atoms with Crippen molar-refractivity contribution in [2.75, 3.05) is 13.1 Å². The molecule has 1 saturated heterocycles. The molecule has 1 unspecified atom stereocenters. The molecule has 86 valence electrons. The van der Waals surface area contributed by atoms with E-state index in [4.69, 9.17) is 16.3 Å². The number of nitrogens with zero attached hydrogens (tertiary/aromatic N) is 2. The van der Waals surface area contributed by atoms with Gasteiger partial charge in [0.05, 0.1) is 4.92 Å². The molecular formula is C9H10ClN3O3. The summed E-state index contributed by atoms with van der Waals surface area (Å²) in [6.07, 6.45) is 2.06. The summed E-state index contributed by atoms with van der Waals surface area (Å²) < 4.78 is 5.51. The number of hydrogen-bond donors (Lipinski definition) is 1. The Balaban J connectivity index is 2.12. The van der Waals surface area contributed by atoms with E-state index in [0.29, 0.717) is 0 Å². The molecule has 0 radical (unpaired) electrons. The van der Waals surface area contributed by atoms with Crippen LogP contribution in [-0.2, 0) is 0 Å². The van der Waals surface area contributed by atoms with E-state index >= 15 is 0 Å². The minimum Gasteiger partial charge on any atom is -0.472 e. The normalized spacial score (nSPS) is 19.7. The van der Waals surface area contributed by atoms with Gasteiger partial charge in [0.1, 0.15) is 17.3 Å². The largest absolute Gasteiger partial charge is 0.472 e. The van der Waals surface area contributed by atoms with Gasteiger partial charge in [-0.05, 0) is 13.0 Å². The first-order valence-corrected chi connectivity index (χ1v) is 5.22. The lowest BCUT2D eigenvalue weighted by molar-refractivity contribution is -0.385. The van der Waals surface area contributed by atoms with Crippen molar-refractivity contribution in [3.8, 4) is 5.88 Å². The van der Waals surface area contributed by atoms with Crippen LogP contribution in [0.5, 0.6) is 5.88 Å². The maximum absolute atomic E-state index is 10.5. The summed E-state index contributed by atoms with van der Waals surface area (Å²) in [4.78, 5) is 13.8. The van der Waals surface area contributed by atoms with Gasteiger partial charge in [-0.1, -0.05) is 11.6 Å². The van der Waals surface area contributed by atoms with Gasteiger partial charge in [-0.3, -0.25) is 10.1 Å².